The third-order valence-corrected chi connectivity index (χ3v) is 4.95. The van der Waals surface area contributed by atoms with E-state index in [1.165, 1.54) is 11.1 Å². The number of rotatable bonds is 8. The van der Waals surface area contributed by atoms with Crippen molar-refractivity contribution < 1.29 is 18.4 Å². The van der Waals surface area contributed by atoms with Gasteiger partial charge in [0.05, 0.1) is 0 Å². The molecule has 1 N–H and O–H groups in total. The molecule has 31 heavy (non-hydrogen) atoms. The lowest BCUT2D eigenvalue weighted by Crippen LogP contribution is -2.41. The number of halogens is 2. The zero-order chi connectivity index (χ0) is 22.2. The number of benzene rings is 2. The van der Waals surface area contributed by atoms with Crippen LogP contribution in [0.4, 0.5) is 8.78 Å². The number of carbonyl (C=O) groups excluding carboxylic acids is 2. The van der Waals surface area contributed by atoms with E-state index in [1.807, 2.05) is 30.3 Å². The number of hydrogen-bond acceptors (Lipinski definition) is 3. The second-order valence-corrected chi connectivity index (χ2v) is 7.18. The Hall–Kier alpha value is -3.61. The van der Waals surface area contributed by atoms with Crippen molar-refractivity contribution in [2.24, 2.45) is 0 Å². The van der Waals surface area contributed by atoms with Crippen molar-refractivity contribution in [1.82, 2.24) is 15.2 Å². The summed E-state index contributed by atoms with van der Waals surface area (Å²) < 4.78 is 27.2. The van der Waals surface area contributed by atoms with E-state index in [9.17, 15) is 18.4 Å². The van der Waals surface area contributed by atoms with Crippen molar-refractivity contribution in [2.75, 3.05) is 13.6 Å². The predicted octanol–water partition coefficient (Wildman–Crippen LogP) is 3.86. The van der Waals surface area contributed by atoms with Crippen molar-refractivity contribution in [2.45, 2.75) is 18.9 Å². The highest BCUT2D eigenvalue weighted by Crippen LogP contribution is 2.16. The molecule has 2 amide bonds. The van der Waals surface area contributed by atoms with E-state index in [0.717, 1.165) is 23.8 Å². The number of amides is 2. The van der Waals surface area contributed by atoms with Gasteiger partial charge in [0.25, 0.3) is 11.8 Å². The molecule has 5 nitrogen and oxygen atoms in total. The van der Waals surface area contributed by atoms with Gasteiger partial charge in [-0.05, 0) is 42.7 Å². The average molecular weight is 423 g/mol. The van der Waals surface area contributed by atoms with Crippen molar-refractivity contribution in [3.05, 3.63) is 101 Å². The molecule has 0 saturated carbocycles. The van der Waals surface area contributed by atoms with Crippen LogP contribution in [0.5, 0.6) is 0 Å². The molecule has 3 aromatic rings. The monoisotopic (exact) mass is 423 g/mol. The number of hydrogen-bond donors (Lipinski definition) is 1. The van der Waals surface area contributed by atoms with Crippen LogP contribution >= 0.6 is 0 Å². The van der Waals surface area contributed by atoms with E-state index in [2.05, 4.69) is 10.3 Å². The Bertz CT molecular complexity index is 1010. The molecular weight excluding hydrogens is 400 g/mol. The first-order valence-electron chi connectivity index (χ1n) is 9.90. The van der Waals surface area contributed by atoms with Crippen molar-refractivity contribution in [3.8, 4) is 0 Å². The number of nitrogens with one attached hydrogen (secondary N) is 1. The summed E-state index contributed by atoms with van der Waals surface area (Å²) in [7, 11) is 1.60. The van der Waals surface area contributed by atoms with Gasteiger partial charge >= 0.3 is 0 Å². The zero-order valence-electron chi connectivity index (χ0n) is 17.1. The minimum Gasteiger partial charge on any atom is -0.351 e. The summed E-state index contributed by atoms with van der Waals surface area (Å²) in [5, 5.41) is 2.81. The van der Waals surface area contributed by atoms with Crippen LogP contribution in [0.15, 0.2) is 72.9 Å². The van der Waals surface area contributed by atoms with Gasteiger partial charge in [-0.2, -0.15) is 0 Å². The Balaban J connectivity index is 1.72. The first-order chi connectivity index (χ1) is 14.9. The normalized spacial score (nSPS) is 11.6. The van der Waals surface area contributed by atoms with E-state index in [4.69, 9.17) is 0 Å². The molecule has 0 aliphatic heterocycles. The third-order valence-electron chi connectivity index (χ3n) is 4.95. The van der Waals surface area contributed by atoms with E-state index in [1.54, 1.807) is 25.2 Å². The fourth-order valence-corrected chi connectivity index (χ4v) is 3.31. The van der Waals surface area contributed by atoms with Crippen LogP contribution in [0.3, 0.4) is 0 Å². The van der Waals surface area contributed by atoms with Gasteiger partial charge in [0.2, 0.25) is 0 Å². The Labute approximate surface area is 179 Å². The van der Waals surface area contributed by atoms with Crippen LogP contribution in [-0.2, 0) is 6.42 Å². The number of nitrogens with zero attached hydrogens (tertiary/aromatic N) is 2. The highest BCUT2D eigenvalue weighted by molar-refractivity contribution is 5.94. The molecule has 0 bridgehead atoms. The van der Waals surface area contributed by atoms with Crippen LogP contribution in [0.2, 0.25) is 0 Å². The van der Waals surface area contributed by atoms with Gasteiger partial charge in [0.15, 0.2) is 0 Å². The molecule has 3 rings (SSSR count). The first kappa shape index (κ1) is 22.1. The quantitative estimate of drug-likeness (QED) is 0.599. The summed E-state index contributed by atoms with van der Waals surface area (Å²) in [5.41, 5.74) is 1.26. The molecule has 0 saturated heterocycles. The molecule has 1 atom stereocenters. The lowest BCUT2D eigenvalue weighted by atomic mass is 10.0. The summed E-state index contributed by atoms with van der Waals surface area (Å²) in [6.07, 6.45) is 2.52. The lowest BCUT2D eigenvalue weighted by Gasteiger charge is -2.29. The molecule has 0 radical (unpaired) electrons. The van der Waals surface area contributed by atoms with Crippen LogP contribution < -0.4 is 5.32 Å². The molecule has 7 heteroatoms. The summed E-state index contributed by atoms with van der Waals surface area (Å²) in [6, 6.07) is 17.1. The minimum absolute atomic E-state index is 0.0596. The van der Waals surface area contributed by atoms with E-state index in [-0.39, 0.29) is 17.5 Å². The fraction of sp³-hybridized carbons (Fsp3) is 0.208. The van der Waals surface area contributed by atoms with E-state index >= 15 is 0 Å². The summed E-state index contributed by atoms with van der Waals surface area (Å²) in [4.78, 5) is 30.6. The minimum atomic E-state index is -0.806. The molecular formula is C24H23F2N3O2. The molecule has 160 valence electrons. The van der Waals surface area contributed by atoms with Crippen molar-refractivity contribution in [3.63, 3.8) is 0 Å². The maximum Gasteiger partial charge on any atom is 0.269 e. The van der Waals surface area contributed by atoms with Crippen LogP contribution in [0.25, 0.3) is 0 Å². The SMILES string of the molecule is CN(C(=O)c1cc(F)cc(F)c1)C(CCNC(=O)c1ccccn1)Cc1ccccc1. The molecule has 1 unspecified atom stereocenters. The number of aromatic nitrogens is 1. The molecule has 0 aliphatic rings. The zero-order valence-corrected chi connectivity index (χ0v) is 17.1. The van der Waals surface area contributed by atoms with Crippen molar-refractivity contribution >= 4 is 11.8 Å². The number of likely N-dealkylation sites (N-methyl/N-ethyl adjacent to an activating group) is 1. The Morgan fingerprint density at radius 2 is 1.68 bits per heavy atom. The molecule has 0 fully saturated rings. The highest BCUT2D eigenvalue weighted by atomic mass is 19.1. The van der Waals surface area contributed by atoms with Crippen LogP contribution in [0.1, 0.15) is 32.8 Å². The molecule has 0 spiro atoms. The van der Waals surface area contributed by atoms with Gasteiger partial charge in [-0.1, -0.05) is 36.4 Å². The Morgan fingerprint density at radius 1 is 1.00 bits per heavy atom. The van der Waals surface area contributed by atoms with Gasteiger partial charge in [-0.3, -0.25) is 14.6 Å². The highest BCUT2D eigenvalue weighted by Gasteiger charge is 2.23. The molecule has 1 aromatic heterocycles. The second-order valence-electron chi connectivity index (χ2n) is 7.18. The fourth-order valence-electron chi connectivity index (χ4n) is 3.31. The smallest absolute Gasteiger partial charge is 0.269 e. The molecule has 2 aromatic carbocycles. The lowest BCUT2D eigenvalue weighted by molar-refractivity contribution is 0.0721. The van der Waals surface area contributed by atoms with E-state index in [0.29, 0.717) is 25.1 Å². The molecule has 0 aliphatic carbocycles. The maximum absolute atomic E-state index is 13.6. The second kappa shape index (κ2) is 10.4. The summed E-state index contributed by atoms with van der Waals surface area (Å²) >= 11 is 0. The number of pyridine rings is 1. The van der Waals surface area contributed by atoms with E-state index < -0.39 is 17.5 Å². The van der Waals surface area contributed by atoms with Gasteiger partial charge < -0.3 is 10.2 Å². The van der Waals surface area contributed by atoms with Crippen molar-refractivity contribution in [1.29, 1.82) is 0 Å². The summed E-state index contributed by atoms with van der Waals surface area (Å²) in [5.74, 6) is -2.41. The Morgan fingerprint density at radius 3 is 2.32 bits per heavy atom. The van der Waals surface area contributed by atoms with Gasteiger partial charge in [0.1, 0.15) is 17.3 Å². The third kappa shape index (κ3) is 6.18. The predicted molar refractivity (Wildman–Crippen MR) is 114 cm³/mol. The van der Waals surface area contributed by atoms with Gasteiger partial charge in [-0.15, -0.1) is 0 Å². The number of carbonyl (C=O) groups is 2. The van der Waals surface area contributed by atoms with Crippen LogP contribution in [0, 0.1) is 11.6 Å². The largest absolute Gasteiger partial charge is 0.351 e. The van der Waals surface area contributed by atoms with Gasteiger partial charge in [-0.25, -0.2) is 8.78 Å². The average Bonchev–Trinajstić information content (AvgIpc) is 2.78. The maximum atomic E-state index is 13.6. The van der Waals surface area contributed by atoms with Gasteiger partial charge in [0, 0.05) is 37.5 Å². The Kier molecular flexibility index (Phi) is 7.43. The summed E-state index contributed by atoms with van der Waals surface area (Å²) in [6.45, 7) is 0.308. The van der Waals surface area contributed by atoms with Crippen LogP contribution in [-0.4, -0.2) is 41.3 Å². The first-order valence-corrected chi connectivity index (χ1v) is 9.90. The standard InChI is InChI=1S/C24H23F2N3O2/c1-29(24(31)18-14-19(25)16-20(26)15-18)21(13-17-7-3-2-4-8-17)10-12-28-23(30)22-9-5-6-11-27-22/h2-9,11,14-16,21H,10,12-13H2,1H3,(H,28,30). The molecule has 1 heterocycles. The topological polar surface area (TPSA) is 62.3 Å².